The van der Waals surface area contributed by atoms with E-state index in [2.05, 4.69) is 15.5 Å². The third-order valence-corrected chi connectivity index (χ3v) is 2.84. The topological polar surface area (TPSA) is 94.1 Å². The van der Waals surface area contributed by atoms with Gasteiger partial charge in [-0.2, -0.15) is 0 Å². The van der Waals surface area contributed by atoms with Gasteiger partial charge in [-0.05, 0) is 36.7 Å². The Morgan fingerprint density at radius 3 is 2.63 bits per heavy atom. The Morgan fingerprint density at radius 2 is 2.16 bits per heavy atom. The average molecular weight is 262 g/mol. The normalized spacial score (nSPS) is 12.2. The average Bonchev–Trinajstić information content (AvgIpc) is 2.69. The molecule has 2 heterocycles. The summed E-state index contributed by atoms with van der Waals surface area (Å²) >= 11 is 0. The number of rotatable bonds is 4. The smallest absolute Gasteiger partial charge is 0.363 e. The van der Waals surface area contributed by atoms with Gasteiger partial charge in [0.1, 0.15) is 5.76 Å². The van der Waals surface area contributed by atoms with Crippen molar-refractivity contribution in [1.29, 1.82) is 0 Å². The minimum atomic E-state index is -0.526. The SMILES string of the molecule is Cc1noc(C)c1C(C)Nc1ccc([N+](=O)[O-])nc1. The maximum absolute atomic E-state index is 10.5. The number of aromatic nitrogens is 2. The summed E-state index contributed by atoms with van der Waals surface area (Å²) in [4.78, 5) is 13.7. The van der Waals surface area contributed by atoms with Crippen molar-refractivity contribution >= 4 is 11.5 Å². The van der Waals surface area contributed by atoms with Gasteiger partial charge >= 0.3 is 5.82 Å². The number of hydrogen-bond acceptors (Lipinski definition) is 6. The number of nitrogens with one attached hydrogen (secondary N) is 1. The quantitative estimate of drug-likeness (QED) is 0.672. The van der Waals surface area contributed by atoms with Gasteiger partial charge in [-0.1, -0.05) is 5.16 Å². The predicted octanol–water partition coefficient (Wildman–Crippen LogP) is 2.77. The molecular weight excluding hydrogens is 248 g/mol. The van der Waals surface area contributed by atoms with Crippen molar-refractivity contribution in [2.45, 2.75) is 26.8 Å². The van der Waals surface area contributed by atoms with Crippen LogP contribution in [-0.2, 0) is 0 Å². The van der Waals surface area contributed by atoms with E-state index in [4.69, 9.17) is 4.52 Å². The summed E-state index contributed by atoms with van der Waals surface area (Å²) < 4.78 is 5.11. The van der Waals surface area contributed by atoms with E-state index < -0.39 is 4.92 Å². The lowest BCUT2D eigenvalue weighted by Gasteiger charge is -2.13. The first-order valence-corrected chi connectivity index (χ1v) is 5.78. The van der Waals surface area contributed by atoms with Crippen LogP contribution in [0.4, 0.5) is 11.5 Å². The second kappa shape index (κ2) is 5.05. The molecule has 0 aliphatic carbocycles. The number of aryl methyl sites for hydroxylation is 2. The van der Waals surface area contributed by atoms with Gasteiger partial charge in [-0.25, -0.2) is 0 Å². The Balaban J connectivity index is 2.15. The van der Waals surface area contributed by atoms with E-state index in [9.17, 15) is 10.1 Å². The van der Waals surface area contributed by atoms with Crippen LogP contribution >= 0.6 is 0 Å². The molecule has 1 atom stereocenters. The van der Waals surface area contributed by atoms with Gasteiger partial charge in [-0.15, -0.1) is 0 Å². The second-order valence-corrected chi connectivity index (χ2v) is 4.27. The fourth-order valence-corrected chi connectivity index (χ4v) is 2.01. The summed E-state index contributed by atoms with van der Waals surface area (Å²) in [6.45, 7) is 5.69. The molecule has 2 rings (SSSR count). The van der Waals surface area contributed by atoms with E-state index >= 15 is 0 Å². The molecule has 0 aliphatic rings. The lowest BCUT2D eigenvalue weighted by Crippen LogP contribution is -2.08. The standard InChI is InChI=1S/C12H14N4O3/c1-7(12-8(2)15-19-9(12)3)14-10-4-5-11(13-6-10)16(17)18/h4-7,14H,1-3H3. The van der Waals surface area contributed by atoms with Crippen molar-refractivity contribution in [1.82, 2.24) is 10.1 Å². The first-order chi connectivity index (χ1) is 8.99. The zero-order valence-corrected chi connectivity index (χ0v) is 10.9. The molecule has 0 saturated heterocycles. The van der Waals surface area contributed by atoms with E-state index in [0.29, 0.717) is 5.69 Å². The van der Waals surface area contributed by atoms with Crippen LogP contribution in [0.15, 0.2) is 22.9 Å². The lowest BCUT2D eigenvalue weighted by molar-refractivity contribution is -0.389. The molecule has 0 bridgehead atoms. The van der Waals surface area contributed by atoms with Crippen LogP contribution in [0.1, 0.15) is 30.0 Å². The molecule has 7 nitrogen and oxygen atoms in total. The van der Waals surface area contributed by atoms with Crippen LogP contribution in [0.3, 0.4) is 0 Å². The number of hydrogen-bond donors (Lipinski definition) is 1. The summed E-state index contributed by atoms with van der Waals surface area (Å²) in [7, 11) is 0. The molecule has 0 saturated carbocycles. The molecule has 2 aromatic heterocycles. The molecule has 0 aliphatic heterocycles. The summed E-state index contributed by atoms with van der Waals surface area (Å²) in [6.07, 6.45) is 1.44. The van der Waals surface area contributed by atoms with Gasteiger partial charge in [0.15, 0.2) is 6.20 Å². The Morgan fingerprint density at radius 1 is 1.42 bits per heavy atom. The number of nitrogens with zero attached hydrogens (tertiary/aromatic N) is 3. The Hall–Kier alpha value is -2.44. The molecule has 1 unspecified atom stereocenters. The third-order valence-electron chi connectivity index (χ3n) is 2.84. The molecule has 100 valence electrons. The van der Waals surface area contributed by atoms with Gasteiger partial charge in [0.25, 0.3) is 0 Å². The Kier molecular flexibility index (Phi) is 3.46. The Bertz CT molecular complexity index is 572. The highest BCUT2D eigenvalue weighted by Crippen LogP contribution is 2.25. The van der Waals surface area contributed by atoms with E-state index in [1.54, 1.807) is 6.07 Å². The molecule has 0 aromatic carbocycles. The van der Waals surface area contributed by atoms with Crippen molar-refractivity contribution in [3.05, 3.63) is 45.5 Å². The zero-order valence-electron chi connectivity index (χ0n) is 10.9. The monoisotopic (exact) mass is 262 g/mol. The summed E-state index contributed by atoms with van der Waals surface area (Å²) in [6, 6.07) is 2.97. The minimum absolute atomic E-state index is 0.0190. The second-order valence-electron chi connectivity index (χ2n) is 4.27. The van der Waals surface area contributed by atoms with Crippen molar-refractivity contribution in [2.24, 2.45) is 0 Å². The molecule has 0 amide bonds. The lowest BCUT2D eigenvalue weighted by atomic mass is 10.1. The maximum atomic E-state index is 10.5. The summed E-state index contributed by atoms with van der Waals surface area (Å²) in [5.41, 5.74) is 2.52. The molecule has 7 heteroatoms. The van der Waals surface area contributed by atoms with Crippen LogP contribution in [0.2, 0.25) is 0 Å². The largest absolute Gasteiger partial charge is 0.375 e. The van der Waals surface area contributed by atoms with E-state index in [0.717, 1.165) is 17.0 Å². The first-order valence-electron chi connectivity index (χ1n) is 5.78. The highest BCUT2D eigenvalue weighted by Gasteiger charge is 2.17. The van der Waals surface area contributed by atoms with Crippen molar-refractivity contribution in [3.63, 3.8) is 0 Å². The van der Waals surface area contributed by atoms with Crippen LogP contribution < -0.4 is 5.32 Å². The van der Waals surface area contributed by atoms with E-state index in [1.807, 2.05) is 20.8 Å². The summed E-state index contributed by atoms with van der Waals surface area (Å²) in [5, 5.41) is 17.6. The first kappa shape index (κ1) is 13.0. The van der Waals surface area contributed by atoms with Gasteiger partial charge in [0.05, 0.1) is 17.4 Å². The minimum Gasteiger partial charge on any atom is -0.375 e. The number of nitro groups is 1. The fraction of sp³-hybridized carbons (Fsp3) is 0.333. The highest BCUT2D eigenvalue weighted by atomic mass is 16.6. The van der Waals surface area contributed by atoms with Crippen molar-refractivity contribution < 1.29 is 9.45 Å². The fourth-order valence-electron chi connectivity index (χ4n) is 2.01. The number of anilines is 1. The van der Waals surface area contributed by atoms with Gasteiger partial charge < -0.3 is 20.0 Å². The van der Waals surface area contributed by atoms with E-state index in [1.165, 1.54) is 12.3 Å². The number of pyridine rings is 1. The molecule has 19 heavy (non-hydrogen) atoms. The van der Waals surface area contributed by atoms with Crippen molar-refractivity contribution in [3.8, 4) is 0 Å². The van der Waals surface area contributed by atoms with Crippen LogP contribution in [0.25, 0.3) is 0 Å². The van der Waals surface area contributed by atoms with Gasteiger partial charge in [-0.3, -0.25) is 0 Å². The summed E-state index contributed by atoms with van der Waals surface area (Å²) in [5.74, 6) is 0.586. The molecule has 0 radical (unpaired) electrons. The predicted molar refractivity (Wildman–Crippen MR) is 68.9 cm³/mol. The van der Waals surface area contributed by atoms with Crippen LogP contribution in [-0.4, -0.2) is 15.1 Å². The Labute approximate surface area is 109 Å². The molecule has 0 fully saturated rings. The van der Waals surface area contributed by atoms with Crippen LogP contribution in [0.5, 0.6) is 0 Å². The molecule has 0 spiro atoms. The molecule has 1 N–H and O–H groups in total. The maximum Gasteiger partial charge on any atom is 0.363 e. The molecular formula is C12H14N4O3. The van der Waals surface area contributed by atoms with Gasteiger partial charge in [0, 0.05) is 11.6 Å². The zero-order chi connectivity index (χ0) is 14.0. The molecule has 2 aromatic rings. The van der Waals surface area contributed by atoms with E-state index in [-0.39, 0.29) is 11.9 Å². The van der Waals surface area contributed by atoms with Gasteiger partial charge in [0.2, 0.25) is 0 Å². The highest BCUT2D eigenvalue weighted by molar-refractivity contribution is 5.46. The third kappa shape index (κ3) is 2.70. The van der Waals surface area contributed by atoms with Crippen molar-refractivity contribution in [2.75, 3.05) is 5.32 Å². The van der Waals surface area contributed by atoms with Crippen LogP contribution in [0, 0.1) is 24.0 Å².